The number of thiazole rings is 1. The number of nitrogens with one attached hydrogen (secondary N) is 1. The van der Waals surface area contributed by atoms with Crippen LogP contribution in [-0.2, 0) is 4.79 Å². The first-order valence-electron chi connectivity index (χ1n) is 8.83. The number of aromatic nitrogens is 1. The maximum atomic E-state index is 12.7. The predicted molar refractivity (Wildman–Crippen MR) is 116 cm³/mol. The van der Waals surface area contributed by atoms with Gasteiger partial charge in [0.1, 0.15) is 0 Å². The highest BCUT2D eigenvalue weighted by Crippen LogP contribution is 2.32. The van der Waals surface area contributed by atoms with Crippen molar-refractivity contribution in [1.82, 2.24) is 4.98 Å². The molecule has 4 nitrogen and oxygen atoms in total. The second-order valence-electron chi connectivity index (χ2n) is 6.37. The summed E-state index contributed by atoms with van der Waals surface area (Å²) in [5.74, 6) is -0.0332. The van der Waals surface area contributed by atoms with Crippen LogP contribution in [0.4, 0.5) is 10.8 Å². The zero-order valence-electron chi connectivity index (χ0n) is 15.7. The van der Waals surface area contributed by atoms with Crippen molar-refractivity contribution < 1.29 is 4.79 Å². The molecule has 27 heavy (non-hydrogen) atoms. The molecule has 0 aliphatic rings. The first-order chi connectivity index (χ1) is 13.0. The molecule has 3 rings (SSSR count). The van der Waals surface area contributed by atoms with Gasteiger partial charge in [-0.1, -0.05) is 42.8 Å². The van der Waals surface area contributed by atoms with E-state index in [1.54, 1.807) is 0 Å². The van der Waals surface area contributed by atoms with Gasteiger partial charge in [0.2, 0.25) is 5.91 Å². The highest BCUT2D eigenvalue weighted by molar-refractivity contribution is 8.00. The van der Waals surface area contributed by atoms with Gasteiger partial charge in [-0.2, -0.15) is 0 Å². The molecule has 1 heterocycles. The van der Waals surface area contributed by atoms with Crippen LogP contribution >= 0.6 is 23.1 Å². The lowest BCUT2D eigenvalue weighted by Gasteiger charge is -2.13. The van der Waals surface area contributed by atoms with Gasteiger partial charge in [-0.25, -0.2) is 4.98 Å². The van der Waals surface area contributed by atoms with Gasteiger partial charge in [-0.3, -0.25) is 4.79 Å². The normalized spacial score (nSPS) is 12.0. The van der Waals surface area contributed by atoms with E-state index in [2.05, 4.69) is 41.5 Å². The maximum Gasteiger partial charge on any atom is 0.239 e. The van der Waals surface area contributed by atoms with Crippen LogP contribution in [0.5, 0.6) is 0 Å². The SMILES string of the molecule is CCC(Sc1cccc(N)c1)C(=O)Nc1nc(-c2ccc(C)cc2)c(C)s1. The number of benzene rings is 2. The minimum atomic E-state index is -0.196. The Hall–Kier alpha value is -2.31. The molecule has 0 aliphatic carbocycles. The van der Waals surface area contributed by atoms with Gasteiger partial charge >= 0.3 is 0 Å². The van der Waals surface area contributed by atoms with E-state index in [-0.39, 0.29) is 11.2 Å². The van der Waals surface area contributed by atoms with Gasteiger partial charge < -0.3 is 11.1 Å². The lowest BCUT2D eigenvalue weighted by molar-refractivity contribution is -0.115. The van der Waals surface area contributed by atoms with Gasteiger partial charge in [-0.15, -0.1) is 23.1 Å². The number of carbonyl (C=O) groups is 1. The van der Waals surface area contributed by atoms with E-state index < -0.39 is 0 Å². The molecule has 0 saturated carbocycles. The average Bonchev–Trinajstić information content (AvgIpc) is 3.00. The molecule has 0 aliphatic heterocycles. The van der Waals surface area contributed by atoms with Crippen molar-refractivity contribution in [2.75, 3.05) is 11.1 Å². The Balaban J connectivity index is 1.73. The topological polar surface area (TPSA) is 68.0 Å². The number of rotatable bonds is 6. The number of hydrogen-bond donors (Lipinski definition) is 2. The largest absolute Gasteiger partial charge is 0.399 e. The smallest absolute Gasteiger partial charge is 0.239 e. The Labute approximate surface area is 168 Å². The van der Waals surface area contributed by atoms with Crippen LogP contribution in [0.15, 0.2) is 53.4 Å². The number of hydrogen-bond acceptors (Lipinski definition) is 5. The lowest BCUT2D eigenvalue weighted by atomic mass is 10.1. The highest BCUT2D eigenvalue weighted by atomic mass is 32.2. The van der Waals surface area contributed by atoms with Gasteiger partial charge in [0, 0.05) is 21.0 Å². The first kappa shape index (κ1) is 19.5. The van der Waals surface area contributed by atoms with E-state index in [9.17, 15) is 4.79 Å². The Morgan fingerprint density at radius 2 is 1.96 bits per heavy atom. The predicted octanol–water partition coefficient (Wildman–Crippen LogP) is 5.52. The first-order valence-corrected chi connectivity index (χ1v) is 10.5. The molecule has 0 bridgehead atoms. The minimum Gasteiger partial charge on any atom is -0.399 e. The molecular weight excluding hydrogens is 374 g/mol. The summed E-state index contributed by atoms with van der Waals surface area (Å²) < 4.78 is 0. The number of aryl methyl sites for hydroxylation is 2. The van der Waals surface area contributed by atoms with Crippen LogP contribution in [0.3, 0.4) is 0 Å². The van der Waals surface area contributed by atoms with E-state index in [0.717, 1.165) is 27.5 Å². The van der Waals surface area contributed by atoms with E-state index in [1.165, 1.54) is 28.7 Å². The number of amides is 1. The Morgan fingerprint density at radius 1 is 1.22 bits per heavy atom. The zero-order valence-corrected chi connectivity index (χ0v) is 17.3. The molecule has 0 radical (unpaired) electrons. The summed E-state index contributed by atoms with van der Waals surface area (Å²) in [7, 11) is 0. The van der Waals surface area contributed by atoms with Crippen molar-refractivity contribution in [3.63, 3.8) is 0 Å². The van der Waals surface area contributed by atoms with E-state index in [4.69, 9.17) is 5.73 Å². The lowest BCUT2D eigenvalue weighted by Crippen LogP contribution is -2.24. The molecule has 6 heteroatoms. The highest BCUT2D eigenvalue weighted by Gasteiger charge is 2.20. The van der Waals surface area contributed by atoms with E-state index in [0.29, 0.717) is 10.8 Å². The van der Waals surface area contributed by atoms with E-state index in [1.807, 2.05) is 38.1 Å². The van der Waals surface area contributed by atoms with Crippen molar-refractivity contribution >= 4 is 39.8 Å². The number of carbonyl (C=O) groups excluding carboxylic acids is 1. The van der Waals surface area contributed by atoms with Crippen LogP contribution in [0.2, 0.25) is 0 Å². The number of nitrogen functional groups attached to an aromatic ring is 1. The third-order valence-corrected chi connectivity index (χ3v) is 6.40. The fourth-order valence-electron chi connectivity index (χ4n) is 2.69. The molecule has 0 saturated heterocycles. The molecule has 0 fully saturated rings. The standard InChI is InChI=1S/C21H23N3OS2/c1-4-18(27-17-7-5-6-16(22)12-17)20(25)24-21-23-19(14(3)26-21)15-10-8-13(2)9-11-15/h5-12,18H,4,22H2,1-3H3,(H,23,24,25). The number of nitrogens with two attached hydrogens (primary N) is 1. The fourth-order valence-corrected chi connectivity index (χ4v) is 4.55. The molecule has 140 valence electrons. The van der Waals surface area contributed by atoms with Crippen LogP contribution in [0, 0.1) is 13.8 Å². The van der Waals surface area contributed by atoms with Crippen molar-refractivity contribution in [2.45, 2.75) is 37.3 Å². The van der Waals surface area contributed by atoms with E-state index >= 15 is 0 Å². The molecule has 3 aromatic rings. The second kappa shape index (κ2) is 8.59. The van der Waals surface area contributed by atoms with Gasteiger partial charge in [0.25, 0.3) is 0 Å². The second-order valence-corrected chi connectivity index (χ2v) is 8.85. The summed E-state index contributed by atoms with van der Waals surface area (Å²) in [5, 5.41) is 3.43. The Morgan fingerprint density at radius 3 is 2.63 bits per heavy atom. The third kappa shape index (κ3) is 4.90. The summed E-state index contributed by atoms with van der Waals surface area (Å²) in [4.78, 5) is 19.5. The molecule has 1 unspecified atom stereocenters. The summed E-state index contributed by atoms with van der Waals surface area (Å²) in [5.41, 5.74) is 9.74. The van der Waals surface area contributed by atoms with Crippen LogP contribution < -0.4 is 11.1 Å². The average molecular weight is 398 g/mol. The number of nitrogens with zero attached hydrogens (tertiary/aromatic N) is 1. The Bertz CT molecular complexity index is 935. The summed E-state index contributed by atoms with van der Waals surface area (Å²) >= 11 is 3.03. The summed E-state index contributed by atoms with van der Waals surface area (Å²) in [6.07, 6.45) is 0.723. The van der Waals surface area contributed by atoms with Crippen molar-refractivity contribution in [3.05, 3.63) is 59.0 Å². The quantitative estimate of drug-likeness (QED) is 0.424. The van der Waals surface area contributed by atoms with Crippen molar-refractivity contribution in [1.29, 1.82) is 0 Å². The van der Waals surface area contributed by atoms with Gasteiger partial charge in [0.05, 0.1) is 10.9 Å². The molecule has 3 N–H and O–H groups in total. The molecule has 1 amide bonds. The minimum absolute atomic E-state index is 0.0332. The molecule has 2 aromatic carbocycles. The summed E-state index contributed by atoms with van der Waals surface area (Å²) in [6, 6.07) is 15.9. The van der Waals surface area contributed by atoms with Crippen LogP contribution in [0.25, 0.3) is 11.3 Å². The van der Waals surface area contributed by atoms with Crippen molar-refractivity contribution in [3.8, 4) is 11.3 Å². The summed E-state index contributed by atoms with van der Waals surface area (Å²) in [6.45, 7) is 6.10. The molecular formula is C21H23N3OS2. The number of anilines is 2. The zero-order chi connectivity index (χ0) is 19.4. The molecule has 1 aromatic heterocycles. The fraction of sp³-hybridized carbons (Fsp3) is 0.238. The maximum absolute atomic E-state index is 12.7. The number of thioether (sulfide) groups is 1. The van der Waals surface area contributed by atoms with Crippen LogP contribution in [0.1, 0.15) is 23.8 Å². The monoisotopic (exact) mass is 397 g/mol. The molecule has 1 atom stereocenters. The van der Waals surface area contributed by atoms with Crippen molar-refractivity contribution in [2.24, 2.45) is 0 Å². The molecule has 0 spiro atoms. The van der Waals surface area contributed by atoms with Crippen LogP contribution in [-0.4, -0.2) is 16.1 Å². The van der Waals surface area contributed by atoms with Gasteiger partial charge in [0.15, 0.2) is 5.13 Å². The van der Waals surface area contributed by atoms with Gasteiger partial charge in [-0.05, 0) is 38.5 Å². The Kier molecular flexibility index (Phi) is 6.19. The third-order valence-electron chi connectivity index (χ3n) is 4.15.